The van der Waals surface area contributed by atoms with Gasteiger partial charge in [0.1, 0.15) is 7.05 Å². The summed E-state index contributed by atoms with van der Waals surface area (Å²) in [6.07, 6.45) is 30.5. The minimum absolute atomic E-state index is 1.21. The Kier molecular flexibility index (Phi) is 10.3. The molecular weight excluding hydrogens is 302 g/mol. The first-order valence-electron chi connectivity index (χ1n) is 10.6. The third kappa shape index (κ3) is 9.63. The van der Waals surface area contributed by atoms with Gasteiger partial charge in [-0.3, -0.25) is 0 Å². The Bertz CT molecular complexity index is 509. The van der Waals surface area contributed by atoms with Crippen molar-refractivity contribution >= 4 is 0 Å². The summed E-state index contributed by atoms with van der Waals surface area (Å²) >= 11 is 0. The molecule has 1 aliphatic rings. The van der Waals surface area contributed by atoms with E-state index in [1.54, 1.807) is 5.57 Å². The van der Waals surface area contributed by atoms with Gasteiger partial charge in [-0.25, -0.2) is 4.57 Å². The van der Waals surface area contributed by atoms with Gasteiger partial charge < -0.3 is 0 Å². The second kappa shape index (κ2) is 12.9. The van der Waals surface area contributed by atoms with Crippen LogP contribution in [0, 0.1) is 0 Å². The minimum Gasteiger partial charge on any atom is -0.208 e. The summed E-state index contributed by atoms with van der Waals surface area (Å²) < 4.78 is 2.11. The van der Waals surface area contributed by atoms with E-state index in [0.717, 1.165) is 0 Å². The standard InChI is InChI=1S/C24H38N/c1-25-21-19-24(20-22-25)16-12-10-8-6-4-2-3-5-7-9-11-15-23-17-13-14-18-23/h13-14,17,19-22H,2-12,15-16,18H2,1H3/q+1. The van der Waals surface area contributed by atoms with Gasteiger partial charge in [0, 0.05) is 12.1 Å². The molecular formula is C24H38N+. The highest BCUT2D eigenvalue weighted by molar-refractivity contribution is 5.22. The van der Waals surface area contributed by atoms with E-state index in [4.69, 9.17) is 0 Å². The molecule has 0 atom stereocenters. The molecule has 1 aliphatic carbocycles. The third-order valence-corrected chi connectivity index (χ3v) is 5.36. The number of pyridine rings is 1. The minimum atomic E-state index is 1.21. The van der Waals surface area contributed by atoms with Gasteiger partial charge in [0.2, 0.25) is 0 Å². The zero-order chi connectivity index (χ0) is 17.6. The van der Waals surface area contributed by atoms with Crippen molar-refractivity contribution in [3.8, 4) is 0 Å². The predicted octanol–water partition coefficient (Wildman–Crippen LogP) is 6.62. The van der Waals surface area contributed by atoms with E-state index in [2.05, 4.69) is 54.4 Å². The summed E-state index contributed by atoms with van der Waals surface area (Å²) in [5.41, 5.74) is 3.12. The van der Waals surface area contributed by atoms with Crippen molar-refractivity contribution in [1.82, 2.24) is 0 Å². The van der Waals surface area contributed by atoms with Crippen LogP contribution in [0.15, 0.2) is 48.3 Å². The van der Waals surface area contributed by atoms with E-state index in [-0.39, 0.29) is 0 Å². The quantitative estimate of drug-likeness (QED) is 0.264. The Morgan fingerprint density at radius 1 is 0.720 bits per heavy atom. The number of allylic oxidation sites excluding steroid dienone is 4. The molecule has 1 aromatic heterocycles. The summed E-state index contributed by atoms with van der Waals surface area (Å²) in [6.45, 7) is 0. The van der Waals surface area contributed by atoms with Gasteiger partial charge in [0.05, 0.1) is 0 Å². The van der Waals surface area contributed by atoms with Gasteiger partial charge in [-0.1, -0.05) is 81.6 Å². The molecule has 1 nitrogen and oxygen atoms in total. The Labute approximate surface area is 155 Å². The van der Waals surface area contributed by atoms with E-state index in [9.17, 15) is 0 Å². The van der Waals surface area contributed by atoms with Crippen LogP contribution in [0.25, 0.3) is 0 Å². The number of rotatable bonds is 14. The molecule has 2 rings (SSSR count). The van der Waals surface area contributed by atoms with Crippen LogP contribution in [0.5, 0.6) is 0 Å². The second-order valence-corrected chi connectivity index (χ2v) is 7.72. The number of hydrogen-bond donors (Lipinski definition) is 0. The Morgan fingerprint density at radius 2 is 1.24 bits per heavy atom. The molecule has 1 heterocycles. The molecule has 0 fully saturated rings. The van der Waals surface area contributed by atoms with Crippen molar-refractivity contribution in [2.24, 2.45) is 7.05 Å². The molecule has 0 aromatic carbocycles. The monoisotopic (exact) mass is 340 g/mol. The van der Waals surface area contributed by atoms with Crippen molar-refractivity contribution in [3.63, 3.8) is 0 Å². The molecule has 0 radical (unpaired) electrons. The van der Waals surface area contributed by atoms with Gasteiger partial charge in [0.15, 0.2) is 12.4 Å². The lowest BCUT2D eigenvalue weighted by Crippen LogP contribution is -2.25. The van der Waals surface area contributed by atoms with Crippen LogP contribution < -0.4 is 4.57 Å². The maximum atomic E-state index is 2.31. The second-order valence-electron chi connectivity index (χ2n) is 7.72. The fourth-order valence-electron chi connectivity index (χ4n) is 3.65. The first kappa shape index (κ1) is 19.9. The van der Waals surface area contributed by atoms with E-state index in [0.29, 0.717) is 0 Å². The van der Waals surface area contributed by atoms with Gasteiger partial charge >= 0.3 is 0 Å². The molecule has 1 aromatic rings. The van der Waals surface area contributed by atoms with E-state index >= 15 is 0 Å². The average Bonchev–Trinajstić information content (AvgIpc) is 3.14. The smallest absolute Gasteiger partial charge is 0.168 e. The summed E-state index contributed by atoms with van der Waals surface area (Å²) in [5.74, 6) is 0. The highest BCUT2D eigenvalue weighted by atomic mass is 14.9. The SMILES string of the molecule is C[n+]1ccc(CCCCCCCCCCCCCC2=CC=CC2)cc1. The molecule has 0 unspecified atom stereocenters. The fraction of sp³-hybridized carbons (Fsp3) is 0.625. The van der Waals surface area contributed by atoms with Crippen molar-refractivity contribution in [3.05, 3.63) is 53.9 Å². The third-order valence-electron chi connectivity index (χ3n) is 5.36. The summed E-state index contributed by atoms with van der Waals surface area (Å²) in [5, 5.41) is 0. The van der Waals surface area contributed by atoms with Gasteiger partial charge in [-0.15, -0.1) is 0 Å². The fourth-order valence-corrected chi connectivity index (χ4v) is 3.65. The molecule has 0 N–H and O–H groups in total. The lowest BCUT2D eigenvalue weighted by molar-refractivity contribution is -0.671. The van der Waals surface area contributed by atoms with E-state index in [1.165, 1.54) is 95.5 Å². The van der Waals surface area contributed by atoms with Crippen molar-refractivity contribution in [2.45, 2.75) is 89.9 Å². The first-order chi connectivity index (χ1) is 12.3. The topological polar surface area (TPSA) is 3.88 Å². The van der Waals surface area contributed by atoms with Crippen LogP contribution in [0.2, 0.25) is 0 Å². The molecule has 0 bridgehead atoms. The largest absolute Gasteiger partial charge is 0.208 e. The molecule has 0 aliphatic heterocycles. The van der Waals surface area contributed by atoms with Crippen molar-refractivity contribution in [1.29, 1.82) is 0 Å². The van der Waals surface area contributed by atoms with Gasteiger partial charge in [-0.2, -0.15) is 0 Å². The van der Waals surface area contributed by atoms with Crippen molar-refractivity contribution in [2.75, 3.05) is 0 Å². The van der Waals surface area contributed by atoms with Gasteiger partial charge in [0.25, 0.3) is 0 Å². The van der Waals surface area contributed by atoms with Crippen LogP contribution in [0.3, 0.4) is 0 Å². The highest BCUT2D eigenvalue weighted by Crippen LogP contribution is 2.19. The number of aromatic nitrogens is 1. The molecule has 0 saturated heterocycles. The number of hydrogen-bond acceptors (Lipinski definition) is 0. The molecule has 1 heteroatoms. The van der Waals surface area contributed by atoms with E-state index in [1.807, 2.05) is 0 Å². The summed E-state index contributed by atoms with van der Waals surface area (Å²) in [6, 6.07) is 4.50. The Morgan fingerprint density at radius 3 is 1.76 bits per heavy atom. The number of nitrogens with zero attached hydrogens (tertiary/aromatic N) is 1. The lowest BCUT2D eigenvalue weighted by atomic mass is 10.0. The van der Waals surface area contributed by atoms with Gasteiger partial charge in [-0.05, 0) is 37.7 Å². The maximum absolute atomic E-state index is 2.31. The van der Waals surface area contributed by atoms with Crippen LogP contribution in [-0.4, -0.2) is 0 Å². The zero-order valence-electron chi connectivity index (χ0n) is 16.4. The molecule has 138 valence electrons. The predicted molar refractivity (Wildman–Crippen MR) is 109 cm³/mol. The Balaban J connectivity index is 1.29. The number of unbranched alkanes of at least 4 members (excludes halogenated alkanes) is 10. The molecule has 0 amide bonds. The molecule has 25 heavy (non-hydrogen) atoms. The Hall–Kier alpha value is -1.37. The van der Waals surface area contributed by atoms with Crippen LogP contribution in [0.4, 0.5) is 0 Å². The van der Waals surface area contributed by atoms with Crippen LogP contribution in [-0.2, 0) is 13.5 Å². The van der Waals surface area contributed by atoms with Crippen LogP contribution >= 0.6 is 0 Å². The molecule has 0 saturated carbocycles. The normalized spacial score (nSPS) is 13.4. The van der Waals surface area contributed by atoms with E-state index < -0.39 is 0 Å². The first-order valence-corrected chi connectivity index (χ1v) is 10.6. The summed E-state index contributed by atoms with van der Waals surface area (Å²) in [7, 11) is 2.08. The molecule has 0 spiro atoms. The van der Waals surface area contributed by atoms with Crippen LogP contribution in [0.1, 0.15) is 89.0 Å². The maximum Gasteiger partial charge on any atom is 0.168 e. The summed E-state index contributed by atoms with van der Waals surface area (Å²) in [4.78, 5) is 0. The zero-order valence-corrected chi connectivity index (χ0v) is 16.4. The number of aryl methyl sites for hydroxylation is 2. The average molecular weight is 341 g/mol. The van der Waals surface area contributed by atoms with Crippen molar-refractivity contribution < 1.29 is 4.57 Å². The highest BCUT2D eigenvalue weighted by Gasteiger charge is 1.99. The lowest BCUT2D eigenvalue weighted by Gasteiger charge is -2.04.